The average Bonchev–Trinajstić information content (AvgIpc) is 3.42. The quantitative estimate of drug-likeness (QED) is 0.742. The Morgan fingerprint density at radius 2 is 2.04 bits per heavy atom. The van der Waals surface area contributed by atoms with Crippen molar-refractivity contribution in [2.75, 3.05) is 18.4 Å². The van der Waals surface area contributed by atoms with Gasteiger partial charge in [0, 0.05) is 24.7 Å². The number of hydrogen-bond acceptors (Lipinski definition) is 6. The molecule has 28 heavy (non-hydrogen) atoms. The first-order valence-corrected chi connectivity index (χ1v) is 9.08. The van der Waals surface area contributed by atoms with Gasteiger partial charge in [0.25, 0.3) is 5.91 Å². The fraction of sp³-hybridized carbons (Fsp3) is 0.316. The highest BCUT2D eigenvalue weighted by molar-refractivity contribution is 5.95. The molecule has 0 bridgehead atoms. The first-order chi connectivity index (χ1) is 13.6. The van der Waals surface area contributed by atoms with Gasteiger partial charge in [-0.05, 0) is 60.0 Å². The summed E-state index contributed by atoms with van der Waals surface area (Å²) in [5.41, 5.74) is 3.08. The molecule has 9 nitrogen and oxygen atoms in total. The van der Waals surface area contributed by atoms with Crippen LogP contribution in [-0.4, -0.2) is 50.0 Å². The van der Waals surface area contributed by atoms with Crippen LogP contribution < -0.4 is 5.32 Å². The number of anilines is 1. The van der Waals surface area contributed by atoms with Gasteiger partial charge < -0.3 is 14.6 Å². The number of aromatic nitrogens is 4. The van der Waals surface area contributed by atoms with Gasteiger partial charge in [-0.3, -0.25) is 9.59 Å². The fourth-order valence-corrected chi connectivity index (χ4v) is 3.42. The first kappa shape index (κ1) is 17.9. The van der Waals surface area contributed by atoms with Crippen molar-refractivity contribution in [2.24, 2.45) is 5.92 Å². The maximum Gasteiger partial charge on any atom is 0.257 e. The van der Waals surface area contributed by atoms with E-state index in [1.165, 1.54) is 18.9 Å². The zero-order valence-electron chi connectivity index (χ0n) is 15.4. The summed E-state index contributed by atoms with van der Waals surface area (Å²) in [4.78, 5) is 26.7. The lowest BCUT2D eigenvalue weighted by molar-refractivity contribution is -0.121. The zero-order valence-corrected chi connectivity index (χ0v) is 15.4. The topological polar surface area (TPSA) is 106 Å². The second kappa shape index (κ2) is 7.63. The third-order valence-electron chi connectivity index (χ3n) is 4.98. The van der Waals surface area contributed by atoms with Crippen LogP contribution in [0, 0.1) is 12.8 Å². The van der Waals surface area contributed by atoms with Crippen LogP contribution >= 0.6 is 0 Å². The van der Waals surface area contributed by atoms with Gasteiger partial charge in [-0.25, -0.2) is 4.68 Å². The highest BCUT2D eigenvalue weighted by Crippen LogP contribution is 2.23. The predicted molar refractivity (Wildman–Crippen MR) is 99.9 cm³/mol. The number of furan rings is 1. The third kappa shape index (κ3) is 3.64. The normalized spacial score (nSPS) is 14.8. The molecule has 2 amide bonds. The van der Waals surface area contributed by atoms with Crippen molar-refractivity contribution < 1.29 is 14.0 Å². The maximum atomic E-state index is 12.6. The second-order valence-corrected chi connectivity index (χ2v) is 6.82. The number of nitrogens with zero attached hydrogens (tertiary/aromatic N) is 5. The number of piperidine rings is 1. The van der Waals surface area contributed by atoms with Gasteiger partial charge in [0.05, 0.1) is 17.5 Å². The zero-order chi connectivity index (χ0) is 19.5. The van der Waals surface area contributed by atoms with Crippen molar-refractivity contribution >= 4 is 17.5 Å². The van der Waals surface area contributed by atoms with E-state index in [4.69, 9.17) is 4.42 Å². The molecule has 9 heteroatoms. The molecular weight excluding hydrogens is 360 g/mol. The van der Waals surface area contributed by atoms with Crippen LogP contribution in [0.15, 0.2) is 47.5 Å². The van der Waals surface area contributed by atoms with Crippen molar-refractivity contribution in [1.29, 1.82) is 0 Å². The van der Waals surface area contributed by atoms with Crippen LogP contribution in [0.4, 0.5) is 5.69 Å². The summed E-state index contributed by atoms with van der Waals surface area (Å²) in [7, 11) is 0. The largest absolute Gasteiger partial charge is 0.472 e. The van der Waals surface area contributed by atoms with Gasteiger partial charge in [-0.15, -0.1) is 5.10 Å². The molecule has 1 aromatic carbocycles. The summed E-state index contributed by atoms with van der Waals surface area (Å²) in [5.74, 6) is -0.195. The molecule has 3 heterocycles. The highest BCUT2D eigenvalue weighted by atomic mass is 16.3. The second-order valence-electron chi connectivity index (χ2n) is 6.82. The van der Waals surface area contributed by atoms with E-state index in [0.29, 0.717) is 31.5 Å². The van der Waals surface area contributed by atoms with Crippen LogP contribution in [0.2, 0.25) is 0 Å². The van der Waals surface area contributed by atoms with E-state index >= 15 is 0 Å². The minimum atomic E-state index is -0.118. The number of carbonyl (C=O) groups excluding carboxylic acids is 2. The van der Waals surface area contributed by atoms with Crippen molar-refractivity contribution in [1.82, 2.24) is 25.1 Å². The van der Waals surface area contributed by atoms with Gasteiger partial charge in [0.2, 0.25) is 5.91 Å². The molecule has 1 aliphatic rings. The van der Waals surface area contributed by atoms with E-state index in [9.17, 15) is 9.59 Å². The van der Waals surface area contributed by atoms with Crippen LogP contribution in [0.1, 0.15) is 28.8 Å². The Kier molecular flexibility index (Phi) is 4.88. The maximum absolute atomic E-state index is 12.6. The Balaban J connectivity index is 1.35. The van der Waals surface area contributed by atoms with E-state index in [1.54, 1.807) is 15.6 Å². The lowest BCUT2D eigenvalue weighted by Crippen LogP contribution is -2.41. The lowest BCUT2D eigenvalue weighted by atomic mass is 9.95. The Morgan fingerprint density at radius 1 is 1.21 bits per heavy atom. The van der Waals surface area contributed by atoms with Crippen molar-refractivity contribution in [3.05, 3.63) is 54.2 Å². The van der Waals surface area contributed by atoms with Gasteiger partial charge in [0.1, 0.15) is 12.6 Å². The van der Waals surface area contributed by atoms with Crippen LogP contribution in [-0.2, 0) is 4.79 Å². The monoisotopic (exact) mass is 380 g/mol. The molecule has 3 aromatic rings. The molecule has 1 fully saturated rings. The molecule has 0 unspecified atom stereocenters. The standard InChI is InChI=1S/C19H20N6O3/c1-13-10-16(2-3-17(13)25-12-20-22-23-25)21-18(26)14-4-7-24(8-5-14)19(27)15-6-9-28-11-15/h2-3,6,9-12,14H,4-5,7-8H2,1H3,(H,21,26). The predicted octanol–water partition coefficient (Wildman–Crippen LogP) is 2.05. The molecule has 0 saturated carbocycles. The summed E-state index contributed by atoms with van der Waals surface area (Å²) in [6.45, 7) is 3.05. The molecule has 1 saturated heterocycles. The molecule has 0 aliphatic carbocycles. The number of hydrogen-bond donors (Lipinski definition) is 1. The summed E-state index contributed by atoms with van der Waals surface area (Å²) < 4.78 is 6.55. The summed E-state index contributed by atoms with van der Waals surface area (Å²) in [5, 5.41) is 14.1. The number of rotatable bonds is 4. The van der Waals surface area contributed by atoms with Crippen molar-refractivity contribution in [2.45, 2.75) is 19.8 Å². The number of benzene rings is 1. The fourth-order valence-electron chi connectivity index (χ4n) is 3.42. The van der Waals surface area contributed by atoms with Crippen LogP contribution in [0.25, 0.3) is 5.69 Å². The minimum Gasteiger partial charge on any atom is -0.472 e. The number of tetrazole rings is 1. The Bertz CT molecular complexity index is 960. The molecule has 0 atom stereocenters. The molecule has 0 radical (unpaired) electrons. The molecule has 1 N–H and O–H groups in total. The van der Waals surface area contributed by atoms with E-state index in [0.717, 1.165) is 16.9 Å². The van der Waals surface area contributed by atoms with E-state index < -0.39 is 0 Å². The van der Waals surface area contributed by atoms with Crippen molar-refractivity contribution in [3.8, 4) is 5.69 Å². The molecule has 2 aromatic heterocycles. The third-order valence-corrected chi connectivity index (χ3v) is 4.98. The van der Waals surface area contributed by atoms with Crippen LogP contribution in [0.3, 0.4) is 0 Å². The lowest BCUT2D eigenvalue weighted by Gasteiger charge is -2.31. The SMILES string of the molecule is Cc1cc(NC(=O)C2CCN(C(=O)c3ccoc3)CC2)ccc1-n1cnnn1. The summed E-state index contributed by atoms with van der Waals surface area (Å²) in [6.07, 6.45) is 5.73. The van der Waals surface area contributed by atoms with Gasteiger partial charge in [-0.1, -0.05) is 0 Å². The summed E-state index contributed by atoms with van der Waals surface area (Å²) >= 11 is 0. The van der Waals surface area contributed by atoms with Crippen LogP contribution in [0.5, 0.6) is 0 Å². The Morgan fingerprint density at radius 3 is 2.68 bits per heavy atom. The van der Waals surface area contributed by atoms with E-state index in [-0.39, 0.29) is 17.7 Å². The smallest absolute Gasteiger partial charge is 0.257 e. The number of likely N-dealkylation sites (tertiary alicyclic amines) is 1. The Labute approximate surface area is 161 Å². The Hall–Kier alpha value is -3.49. The van der Waals surface area contributed by atoms with Gasteiger partial charge in [-0.2, -0.15) is 0 Å². The number of carbonyl (C=O) groups is 2. The van der Waals surface area contributed by atoms with Gasteiger partial charge >= 0.3 is 0 Å². The molecular formula is C19H20N6O3. The number of amides is 2. The molecule has 4 rings (SSSR count). The first-order valence-electron chi connectivity index (χ1n) is 9.08. The van der Waals surface area contributed by atoms with E-state index in [2.05, 4.69) is 20.8 Å². The van der Waals surface area contributed by atoms with E-state index in [1.807, 2.05) is 25.1 Å². The van der Waals surface area contributed by atoms with Crippen molar-refractivity contribution in [3.63, 3.8) is 0 Å². The summed E-state index contributed by atoms with van der Waals surface area (Å²) in [6, 6.07) is 7.25. The molecule has 1 aliphatic heterocycles. The minimum absolute atomic E-state index is 0.0232. The highest BCUT2D eigenvalue weighted by Gasteiger charge is 2.28. The average molecular weight is 380 g/mol. The number of nitrogens with one attached hydrogen (secondary N) is 1. The molecule has 144 valence electrons. The number of aryl methyl sites for hydroxylation is 1. The molecule has 0 spiro atoms. The van der Waals surface area contributed by atoms with Gasteiger partial charge in [0.15, 0.2) is 0 Å².